The smallest absolute Gasteiger partial charge is 0.244 e. The van der Waals surface area contributed by atoms with Crippen LogP contribution in [0.1, 0.15) is 56.4 Å². The number of nitrogens with zero attached hydrogens (tertiary/aromatic N) is 3. The zero-order chi connectivity index (χ0) is 19.5. The summed E-state index contributed by atoms with van der Waals surface area (Å²) in [5.41, 5.74) is 1.97. The van der Waals surface area contributed by atoms with Gasteiger partial charge in [0.05, 0.1) is 25.4 Å². The molecular weight excluding hydrogens is 354 g/mol. The maximum atomic E-state index is 13.0. The summed E-state index contributed by atoms with van der Waals surface area (Å²) in [6.07, 6.45) is 6.31. The average Bonchev–Trinajstić information content (AvgIpc) is 3.21. The molecule has 1 saturated carbocycles. The fourth-order valence-corrected chi connectivity index (χ4v) is 4.36. The maximum Gasteiger partial charge on any atom is 0.244 e. The zero-order valence-electron chi connectivity index (χ0n) is 16.8. The average molecular weight is 383 g/mol. The molecule has 6 nitrogen and oxygen atoms in total. The van der Waals surface area contributed by atoms with Crippen LogP contribution in [0.4, 0.5) is 5.69 Å². The summed E-state index contributed by atoms with van der Waals surface area (Å²) in [5, 5.41) is 4.32. The predicted octanol–water partition coefficient (Wildman–Crippen LogP) is 3.97. The summed E-state index contributed by atoms with van der Waals surface area (Å²) in [6.45, 7) is 4.04. The highest BCUT2D eigenvalue weighted by Gasteiger charge is 2.33. The van der Waals surface area contributed by atoms with E-state index in [9.17, 15) is 4.79 Å². The van der Waals surface area contributed by atoms with Crippen molar-refractivity contribution in [2.24, 2.45) is 0 Å². The number of methoxy groups -OCH3 is 1. The Morgan fingerprint density at radius 2 is 2.00 bits per heavy atom. The Balaban J connectivity index is 1.41. The van der Waals surface area contributed by atoms with Gasteiger partial charge in [0.2, 0.25) is 5.91 Å². The van der Waals surface area contributed by atoms with E-state index in [1.54, 1.807) is 7.11 Å². The Morgan fingerprint density at radius 3 is 2.79 bits per heavy atom. The van der Waals surface area contributed by atoms with Crippen LogP contribution in [0.15, 0.2) is 34.9 Å². The van der Waals surface area contributed by atoms with Crippen LogP contribution in [-0.4, -0.2) is 42.2 Å². The standard InChI is InChI=1S/C22H29N3O3/c1-16-22(26)25(18-9-6-10-19(13-18)27-2)12-11-24(16)15-20-14-21(23-28-20)17-7-4-3-5-8-17/h6,9-10,13-14,16-17H,3-5,7-8,11-12,15H2,1-2H3. The van der Waals surface area contributed by atoms with E-state index in [0.717, 1.165) is 29.4 Å². The summed E-state index contributed by atoms with van der Waals surface area (Å²) in [4.78, 5) is 17.0. The lowest BCUT2D eigenvalue weighted by Crippen LogP contribution is -2.55. The van der Waals surface area contributed by atoms with E-state index in [1.807, 2.05) is 36.1 Å². The molecule has 1 aromatic carbocycles. The molecule has 28 heavy (non-hydrogen) atoms. The zero-order valence-corrected chi connectivity index (χ0v) is 16.8. The molecule has 1 amide bonds. The molecule has 6 heteroatoms. The summed E-state index contributed by atoms with van der Waals surface area (Å²) >= 11 is 0. The molecule has 0 spiro atoms. The number of piperazine rings is 1. The second-order valence-corrected chi connectivity index (χ2v) is 7.89. The van der Waals surface area contributed by atoms with Crippen molar-refractivity contribution in [3.05, 3.63) is 41.8 Å². The van der Waals surface area contributed by atoms with Crippen LogP contribution in [0.25, 0.3) is 0 Å². The molecule has 1 aliphatic carbocycles. The summed E-state index contributed by atoms with van der Waals surface area (Å²) in [6, 6.07) is 9.56. The van der Waals surface area contributed by atoms with Crippen molar-refractivity contribution in [2.75, 3.05) is 25.1 Å². The van der Waals surface area contributed by atoms with E-state index in [-0.39, 0.29) is 11.9 Å². The highest BCUT2D eigenvalue weighted by atomic mass is 16.5. The quantitative estimate of drug-likeness (QED) is 0.782. The number of carbonyl (C=O) groups is 1. The lowest BCUT2D eigenvalue weighted by Gasteiger charge is -2.38. The van der Waals surface area contributed by atoms with E-state index in [2.05, 4.69) is 16.1 Å². The molecule has 1 aliphatic heterocycles. The Hall–Kier alpha value is -2.34. The molecule has 1 atom stereocenters. The SMILES string of the molecule is COc1cccc(N2CCN(Cc3cc(C4CCCCC4)no3)C(C)C2=O)c1. The molecule has 2 aliphatic rings. The van der Waals surface area contributed by atoms with Crippen molar-refractivity contribution in [3.8, 4) is 5.75 Å². The van der Waals surface area contributed by atoms with Crippen LogP contribution in [0.5, 0.6) is 5.75 Å². The number of hydrogen-bond donors (Lipinski definition) is 0. The first-order valence-corrected chi connectivity index (χ1v) is 10.3. The van der Waals surface area contributed by atoms with Gasteiger partial charge in [-0.3, -0.25) is 9.69 Å². The maximum absolute atomic E-state index is 13.0. The monoisotopic (exact) mass is 383 g/mol. The number of carbonyl (C=O) groups excluding carboxylic acids is 1. The van der Waals surface area contributed by atoms with Gasteiger partial charge in [-0.1, -0.05) is 30.5 Å². The van der Waals surface area contributed by atoms with E-state index >= 15 is 0 Å². The van der Waals surface area contributed by atoms with Crippen LogP contribution in [0.2, 0.25) is 0 Å². The van der Waals surface area contributed by atoms with Gasteiger partial charge in [0, 0.05) is 36.8 Å². The van der Waals surface area contributed by atoms with Gasteiger partial charge in [-0.05, 0) is 31.9 Å². The van der Waals surface area contributed by atoms with Crippen molar-refractivity contribution >= 4 is 11.6 Å². The van der Waals surface area contributed by atoms with Crippen molar-refractivity contribution in [2.45, 2.75) is 57.5 Å². The summed E-state index contributed by atoms with van der Waals surface area (Å²) in [7, 11) is 1.64. The molecular formula is C22H29N3O3. The summed E-state index contributed by atoms with van der Waals surface area (Å²) < 4.78 is 10.9. The van der Waals surface area contributed by atoms with Gasteiger partial charge in [0.25, 0.3) is 0 Å². The number of hydrogen-bond acceptors (Lipinski definition) is 5. The van der Waals surface area contributed by atoms with Gasteiger partial charge in [-0.25, -0.2) is 0 Å². The van der Waals surface area contributed by atoms with Crippen molar-refractivity contribution < 1.29 is 14.1 Å². The number of benzene rings is 1. The third-order valence-electron chi connectivity index (χ3n) is 6.11. The van der Waals surface area contributed by atoms with Crippen molar-refractivity contribution in [3.63, 3.8) is 0 Å². The molecule has 1 aromatic heterocycles. The van der Waals surface area contributed by atoms with Gasteiger partial charge >= 0.3 is 0 Å². The summed E-state index contributed by atoms with van der Waals surface area (Å²) in [5.74, 6) is 2.26. The highest BCUT2D eigenvalue weighted by Crippen LogP contribution is 2.32. The first-order valence-electron chi connectivity index (χ1n) is 10.3. The van der Waals surface area contributed by atoms with Crippen LogP contribution in [0, 0.1) is 0 Å². The highest BCUT2D eigenvalue weighted by molar-refractivity contribution is 5.97. The molecule has 1 saturated heterocycles. The van der Waals surface area contributed by atoms with Gasteiger partial charge in [-0.15, -0.1) is 0 Å². The Labute approximate surface area is 166 Å². The van der Waals surface area contributed by atoms with Gasteiger partial charge < -0.3 is 14.2 Å². The lowest BCUT2D eigenvalue weighted by atomic mass is 9.87. The second-order valence-electron chi connectivity index (χ2n) is 7.89. The Kier molecular flexibility index (Phi) is 5.67. The Morgan fingerprint density at radius 1 is 1.18 bits per heavy atom. The molecule has 0 radical (unpaired) electrons. The minimum Gasteiger partial charge on any atom is -0.497 e. The molecule has 0 N–H and O–H groups in total. The van der Waals surface area contributed by atoms with Crippen LogP contribution in [-0.2, 0) is 11.3 Å². The first kappa shape index (κ1) is 19.0. The molecule has 1 unspecified atom stereocenters. The molecule has 0 bridgehead atoms. The third-order valence-corrected chi connectivity index (χ3v) is 6.11. The predicted molar refractivity (Wildman–Crippen MR) is 108 cm³/mol. The molecule has 4 rings (SSSR count). The fraction of sp³-hybridized carbons (Fsp3) is 0.545. The molecule has 2 heterocycles. The number of anilines is 1. The minimum atomic E-state index is -0.205. The molecule has 2 aromatic rings. The lowest BCUT2D eigenvalue weighted by molar-refractivity contribution is -0.125. The second kappa shape index (κ2) is 8.35. The fourth-order valence-electron chi connectivity index (χ4n) is 4.36. The number of aromatic nitrogens is 1. The normalized spacial score (nSPS) is 21.9. The van der Waals surface area contributed by atoms with Crippen molar-refractivity contribution in [1.29, 1.82) is 0 Å². The number of ether oxygens (including phenoxy) is 1. The van der Waals surface area contributed by atoms with Crippen LogP contribution in [0.3, 0.4) is 0 Å². The van der Waals surface area contributed by atoms with E-state index < -0.39 is 0 Å². The largest absolute Gasteiger partial charge is 0.497 e. The number of rotatable bonds is 5. The molecule has 2 fully saturated rings. The van der Waals surface area contributed by atoms with E-state index in [1.165, 1.54) is 32.1 Å². The Bertz CT molecular complexity index is 813. The first-order chi connectivity index (χ1) is 13.7. The van der Waals surface area contributed by atoms with E-state index in [0.29, 0.717) is 19.0 Å². The topological polar surface area (TPSA) is 58.8 Å². The van der Waals surface area contributed by atoms with Crippen LogP contribution >= 0.6 is 0 Å². The van der Waals surface area contributed by atoms with Crippen molar-refractivity contribution in [1.82, 2.24) is 10.1 Å². The van der Waals surface area contributed by atoms with E-state index in [4.69, 9.17) is 9.26 Å². The van der Waals surface area contributed by atoms with Crippen LogP contribution < -0.4 is 9.64 Å². The minimum absolute atomic E-state index is 0.103. The molecule has 150 valence electrons. The van der Waals surface area contributed by atoms with Gasteiger partial charge in [-0.2, -0.15) is 0 Å². The third kappa shape index (κ3) is 3.92. The number of amides is 1. The van der Waals surface area contributed by atoms with Gasteiger partial charge in [0.1, 0.15) is 5.75 Å². The van der Waals surface area contributed by atoms with Gasteiger partial charge in [0.15, 0.2) is 5.76 Å².